The number of aryl methyl sites for hydroxylation is 4. The van der Waals surface area contributed by atoms with E-state index in [-0.39, 0.29) is 29.4 Å². The van der Waals surface area contributed by atoms with Gasteiger partial charge in [0.2, 0.25) is 5.88 Å². The molecule has 0 saturated carbocycles. The van der Waals surface area contributed by atoms with E-state index in [1.54, 1.807) is 63.2 Å². The molecule has 41 heavy (non-hydrogen) atoms. The van der Waals surface area contributed by atoms with Crippen molar-refractivity contribution >= 4 is 15.9 Å². The fourth-order valence-electron chi connectivity index (χ4n) is 4.39. The number of sulfonamides is 1. The van der Waals surface area contributed by atoms with Crippen molar-refractivity contribution in [3.8, 4) is 22.6 Å². The first-order valence-corrected chi connectivity index (χ1v) is 14.2. The molecular formula is C29H30F3N3O5S. The maximum atomic E-state index is 13.4. The summed E-state index contributed by atoms with van der Waals surface area (Å²) in [6.45, 7) is 6.98. The topological polar surface area (TPSA) is 104 Å². The number of rotatable bonds is 10. The highest BCUT2D eigenvalue weighted by Crippen LogP contribution is 2.35. The molecule has 0 bridgehead atoms. The summed E-state index contributed by atoms with van der Waals surface area (Å²) in [7, 11) is -2.68. The number of methoxy groups -OCH3 is 1. The van der Waals surface area contributed by atoms with Gasteiger partial charge in [-0.3, -0.25) is 4.98 Å². The summed E-state index contributed by atoms with van der Waals surface area (Å²) in [5.41, 5.74) is 3.96. The minimum absolute atomic E-state index is 0.0286. The molecule has 218 valence electrons. The predicted octanol–water partition coefficient (Wildman–Crippen LogP) is 6.85. The summed E-state index contributed by atoms with van der Waals surface area (Å²) in [5.74, 6) is 0.895. The van der Waals surface area contributed by atoms with Gasteiger partial charge in [0.05, 0.1) is 23.4 Å². The third-order valence-corrected chi connectivity index (χ3v) is 7.92. The van der Waals surface area contributed by atoms with Crippen LogP contribution in [0.5, 0.6) is 11.5 Å². The average Bonchev–Trinajstić information content (AvgIpc) is 3.21. The highest BCUT2D eigenvalue weighted by Gasteiger charge is 2.28. The number of aromatic nitrogens is 2. The summed E-state index contributed by atoms with van der Waals surface area (Å²) in [6.07, 6.45) is -5.84. The zero-order valence-electron chi connectivity index (χ0n) is 23.2. The van der Waals surface area contributed by atoms with Crippen LogP contribution in [-0.2, 0) is 23.1 Å². The summed E-state index contributed by atoms with van der Waals surface area (Å²) < 4.78 is 85.6. The molecule has 0 fully saturated rings. The van der Waals surface area contributed by atoms with Gasteiger partial charge in [0.1, 0.15) is 6.61 Å². The van der Waals surface area contributed by atoms with E-state index in [0.717, 1.165) is 5.69 Å². The zero-order valence-corrected chi connectivity index (χ0v) is 24.0. The number of nitrogens with one attached hydrogen (secondary N) is 1. The van der Waals surface area contributed by atoms with Crippen LogP contribution in [0.15, 0.2) is 57.9 Å². The molecule has 0 atom stereocenters. The first kappa shape index (κ1) is 29.9. The molecular weight excluding hydrogens is 559 g/mol. The van der Waals surface area contributed by atoms with Crippen LogP contribution in [-0.4, -0.2) is 31.8 Å². The van der Waals surface area contributed by atoms with Crippen molar-refractivity contribution in [3.05, 3.63) is 82.3 Å². The van der Waals surface area contributed by atoms with Crippen molar-refractivity contribution in [2.24, 2.45) is 0 Å². The van der Waals surface area contributed by atoms with Crippen LogP contribution in [0.4, 0.5) is 19.1 Å². The van der Waals surface area contributed by atoms with Crippen LogP contribution < -0.4 is 14.2 Å². The number of anilines is 1. The lowest BCUT2D eigenvalue weighted by atomic mass is 9.94. The number of benzene rings is 2. The van der Waals surface area contributed by atoms with Crippen LogP contribution in [0.1, 0.15) is 40.2 Å². The molecule has 12 heteroatoms. The lowest BCUT2D eigenvalue weighted by Crippen LogP contribution is -2.15. The molecule has 4 rings (SSSR count). The standard InChI is InChI=1S/C29H30F3N3O5S/c1-17-14-25(27(38-5)20(4)33-17)39-16-21-10-11-23(22(15-21)12-13-29(30,31)32)24-8-6-7-9-26(24)41(36,37)35-28-18(2)19(3)34-40-28/h6-11,14-15,35H,12-13,16H2,1-5H3. The van der Waals surface area contributed by atoms with Crippen LogP contribution in [0, 0.1) is 27.7 Å². The smallest absolute Gasteiger partial charge is 0.389 e. The second kappa shape index (κ2) is 11.8. The Morgan fingerprint density at radius 3 is 2.37 bits per heavy atom. The summed E-state index contributed by atoms with van der Waals surface area (Å²) >= 11 is 0. The summed E-state index contributed by atoms with van der Waals surface area (Å²) in [5, 5.41) is 3.77. The molecule has 2 aromatic carbocycles. The van der Waals surface area contributed by atoms with E-state index >= 15 is 0 Å². The second-order valence-corrected chi connectivity index (χ2v) is 11.3. The number of hydrogen-bond donors (Lipinski definition) is 1. The molecule has 0 radical (unpaired) electrons. The van der Waals surface area contributed by atoms with E-state index in [1.807, 2.05) is 6.92 Å². The van der Waals surface area contributed by atoms with Crippen molar-refractivity contribution in [2.45, 2.75) is 58.2 Å². The van der Waals surface area contributed by atoms with E-state index in [0.29, 0.717) is 45.1 Å². The quantitative estimate of drug-likeness (QED) is 0.216. The highest BCUT2D eigenvalue weighted by atomic mass is 32.2. The molecule has 0 saturated heterocycles. The Morgan fingerprint density at radius 1 is 0.976 bits per heavy atom. The molecule has 4 aromatic rings. The fourth-order valence-corrected chi connectivity index (χ4v) is 5.66. The number of pyridine rings is 1. The SMILES string of the molecule is COc1c(OCc2ccc(-c3ccccc3S(=O)(=O)Nc3onc(C)c3C)c(CCC(F)(F)F)c2)cc(C)nc1C. The Balaban J connectivity index is 1.72. The lowest BCUT2D eigenvalue weighted by molar-refractivity contribution is -0.133. The van der Waals surface area contributed by atoms with Crippen molar-refractivity contribution < 1.29 is 35.6 Å². The van der Waals surface area contributed by atoms with Crippen LogP contribution in [0.25, 0.3) is 11.1 Å². The molecule has 8 nitrogen and oxygen atoms in total. The van der Waals surface area contributed by atoms with Gasteiger partial charge in [0.25, 0.3) is 10.0 Å². The Hall–Kier alpha value is -4.06. The van der Waals surface area contributed by atoms with Crippen LogP contribution in [0.3, 0.4) is 0 Å². The van der Waals surface area contributed by atoms with Gasteiger partial charge in [0, 0.05) is 29.3 Å². The lowest BCUT2D eigenvalue weighted by Gasteiger charge is -2.17. The van der Waals surface area contributed by atoms with E-state index in [9.17, 15) is 21.6 Å². The van der Waals surface area contributed by atoms with Gasteiger partial charge in [-0.25, -0.2) is 13.1 Å². The molecule has 0 unspecified atom stereocenters. The maximum Gasteiger partial charge on any atom is 0.389 e. The molecule has 0 aliphatic carbocycles. The van der Waals surface area contributed by atoms with Crippen LogP contribution >= 0.6 is 0 Å². The Labute approximate surface area is 236 Å². The molecule has 0 aliphatic rings. The Kier molecular flexibility index (Phi) is 8.62. The number of ether oxygens (including phenoxy) is 2. The van der Waals surface area contributed by atoms with Crippen molar-refractivity contribution in [1.29, 1.82) is 0 Å². The van der Waals surface area contributed by atoms with Gasteiger partial charge in [-0.05, 0) is 56.9 Å². The van der Waals surface area contributed by atoms with E-state index in [4.69, 9.17) is 14.0 Å². The zero-order chi connectivity index (χ0) is 29.9. The largest absolute Gasteiger partial charge is 0.491 e. The molecule has 2 heterocycles. The minimum atomic E-state index is -4.40. The molecule has 0 spiro atoms. The number of hydrogen-bond acceptors (Lipinski definition) is 7. The second-order valence-electron chi connectivity index (χ2n) is 9.60. The van der Waals surface area contributed by atoms with Crippen molar-refractivity contribution in [3.63, 3.8) is 0 Å². The Morgan fingerprint density at radius 2 is 1.71 bits per heavy atom. The number of alkyl halides is 3. The van der Waals surface area contributed by atoms with Gasteiger partial charge in [-0.1, -0.05) is 41.6 Å². The summed E-state index contributed by atoms with van der Waals surface area (Å²) in [6, 6.07) is 12.8. The normalized spacial score (nSPS) is 11.9. The average molecular weight is 590 g/mol. The van der Waals surface area contributed by atoms with Gasteiger partial charge in [-0.15, -0.1) is 0 Å². The maximum absolute atomic E-state index is 13.4. The summed E-state index contributed by atoms with van der Waals surface area (Å²) in [4.78, 5) is 4.24. The molecule has 0 amide bonds. The van der Waals surface area contributed by atoms with Crippen molar-refractivity contribution in [2.75, 3.05) is 11.8 Å². The van der Waals surface area contributed by atoms with Crippen molar-refractivity contribution in [1.82, 2.24) is 10.1 Å². The number of halogens is 3. The monoisotopic (exact) mass is 589 g/mol. The fraction of sp³-hybridized carbons (Fsp3) is 0.310. The third kappa shape index (κ3) is 6.99. The van der Waals surface area contributed by atoms with E-state index < -0.39 is 22.6 Å². The van der Waals surface area contributed by atoms with E-state index in [2.05, 4.69) is 14.9 Å². The molecule has 1 N–H and O–H groups in total. The number of nitrogens with zero attached hydrogens (tertiary/aromatic N) is 2. The highest BCUT2D eigenvalue weighted by molar-refractivity contribution is 7.92. The Bertz CT molecular complexity index is 1670. The first-order chi connectivity index (χ1) is 19.3. The molecule has 0 aliphatic heterocycles. The van der Waals surface area contributed by atoms with Gasteiger partial charge < -0.3 is 14.0 Å². The minimum Gasteiger partial charge on any atom is -0.491 e. The third-order valence-electron chi connectivity index (χ3n) is 6.53. The predicted molar refractivity (Wildman–Crippen MR) is 148 cm³/mol. The molecule has 2 aromatic heterocycles. The van der Waals surface area contributed by atoms with Gasteiger partial charge in [0.15, 0.2) is 11.5 Å². The van der Waals surface area contributed by atoms with Gasteiger partial charge >= 0.3 is 6.18 Å². The van der Waals surface area contributed by atoms with Gasteiger partial charge in [-0.2, -0.15) is 13.2 Å². The first-order valence-electron chi connectivity index (χ1n) is 12.7. The van der Waals surface area contributed by atoms with Crippen LogP contribution in [0.2, 0.25) is 0 Å². The van der Waals surface area contributed by atoms with E-state index in [1.165, 1.54) is 13.2 Å².